The van der Waals surface area contributed by atoms with Gasteiger partial charge in [0.2, 0.25) is 10.0 Å². The monoisotopic (exact) mass is 452 g/mol. The molecular weight excluding hydrogens is 432 g/mol. The van der Waals surface area contributed by atoms with E-state index in [9.17, 15) is 23.1 Å². The normalized spacial score (nSPS) is 15.1. The van der Waals surface area contributed by atoms with E-state index in [1.165, 1.54) is 45.6 Å². The molecule has 1 N–H and O–H groups in total. The highest BCUT2D eigenvalue weighted by molar-refractivity contribution is 7.89. The molecule has 1 aliphatic heterocycles. The molecule has 0 spiro atoms. The molecule has 1 amide bonds. The second-order valence-corrected chi connectivity index (χ2v) is 9.21. The van der Waals surface area contributed by atoms with Crippen molar-refractivity contribution in [3.05, 3.63) is 58.6 Å². The number of rotatable bonds is 5. The van der Waals surface area contributed by atoms with Gasteiger partial charge in [-0.2, -0.15) is 4.31 Å². The van der Waals surface area contributed by atoms with Crippen LogP contribution in [0, 0.1) is 6.92 Å². The average molecular weight is 453 g/mol. The lowest BCUT2D eigenvalue weighted by molar-refractivity contribution is -0.135. The molecule has 1 aliphatic rings. The van der Waals surface area contributed by atoms with Gasteiger partial charge in [-0.3, -0.25) is 4.79 Å². The second-order valence-electron chi connectivity index (χ2n) is 6.84. The highest BCUT2D eigenvalue weighted by Gasteiger charge is 2.30. The van der Waals surface area contributed by atoms with Crippen LogP contribution >= 0.6 is 11.6 Å². The first-order valence-corrected chi connectivity index (χ1v) is 11.0. The van der Waals surface area contributed by atoms with Gasteiger partial charge >= 0.3 is 5.97 Å². The summed E-state index contributed by atoms with van der Waals surface area (Å²) in [6.45, 7) is 1.89. The topological polar surface area (TPSA) is 104 Å². The van der Waals surface area contributed by atoms with Gasteiger partial charge < -0.3 is 14.7 Å². The van der Waals surface area contributed by atoms with E-state index in [2.05, 4.69) is 0 Å². The van der Waals surface area contributed by atoms with Gasteiger partial charge in [0.15, 0.2) is 6.61 Å². The van der Waals surface area contributed by atoms with E-state index in [0.717, 1.165) is 5.56 Å². The minimum absolute atomic E-state index is 0.0210. The number of aryl methyl sites for hydroxylation is 1. The van der Waals surface area contributed by atoms with Crippen molar-refractivity contribution in [3.63, 3.8) is 0 Å². The van der Waals surface area contributed by atoms with E-state index < -0.39 is 28.5 Å². The van der Waals surface area contributed by atoms with Crippen molar-refractivity contribution >= 4 is 33.5 Å². The summed E-state index contributed by atoms with van der Waals surface area (Å²) in [7, 11) is -3.67. The number of aromatic hydroxyl groups is 1. The fraction of sp³-hybridized carbons (Fsp3) is 0.300. The van der Waals surface area contributed by atoms with E-state index in [-0.39, 0.29) is 42.4 Å². The Bertz CT molecular complexity index is 1050. The first-order valence-electron chi connectivity index (χ1n) is 9.19. The number of esters is 1. The Hall–Kier alpha value is -2.62. The van der Waals surface area contributed by atoms with Crippen molar-refractivity contribution in [2.24, 2.45) is 0 Å². The lowest BCUT2D eigenvalue weighted by Gasteiger charge is -2.33. The number of hydrogen-bond donors (Lipinski definition) is 1. The summed E-state index contributed by atoms with van der Waals surface area (Å²) in [5.41, 5.74) is 0.763. The number of amides is 1. The molecule has 0 bridgehead atoms. The number of hydrogen-bond acceptors (Lipinski definition) is 6. The van der Waals surface area contributed by atoms with Gasteiger partial charge in [0.1, 0.15) is 11.3 Å². The van der Waals surface area contributed by atoms with Crippen molar-refractivity contribution in [3.8, 4) is 5.75 Å². The minimum atomic E-state index is -3.67. The number of ether oxygens (including phenoxy) is 1. The molecule has 0 atom stereocenters. The van der Waals surface area contributed by atoms with Gasteiger partial charge in [-0.1, -0.05) is 17.7 Å². The molecule has 10 heteroatoms. The number of nitrogens with zero attached hydrogens (tertiary/aromatic N) is 2. The minimum Gasteiger partial charge on any atom is -0.507 e. The molecule has 0 saturated carbocycles. The summed E-state index contributed by atoms with van der Waals surface area (Å²) in [6, 6.07) is 10.4. The summed E-state index contributed by atoms with van der Waals surface area (Å²) < 4.78 is 31.7. The van der Waals surface area contributed by atoms with Crippen molar-refractivity contribution < 1.29 is 27.9 Å². The van der Waals surface area contributed by atoms with Crippen LogP contribution in [-0.2, 0) is 19.6 Å². The number of sulfonamides is 1. The van der Waals surface area contributed by atoms with Crippen LogP contribution in [0.3, 0.4) is 0 Å². The number of phenols is 1. The standard InChI is InChI=1S/C20H21ClN2O6S/c1-14-2-7-17(18(24)12-14)20(26)29-13-19(25)22-8-10-23(11-9-22)30(27,28)16-5-3-15(21)4-6-16/h2-7,12,24H,8-11,13H2,1H3. The maximum Gasteiger partial charge on any atom is 0.342 e. The van der Waals surface area contributed by atoms with Crippen LogP contribution in [0.2, 0.25) is 5.02 Å². The third-order valence-corrected chi connectivity index (χ3v) is 6.91. The summed E-state index contributed by atoms with van der Waals surface area (Å²) in [4.78, 5) is 26.0. The molecule has 30 heavy (non-hydrogen) atoms. The first-order chi connectivity index (χ1) is 14.2. The number of carbonyl (C=O) groups excluding carboxylic acids is 2. The Morgan fingerprint density at radius 3 is 2.30 bits per heavy atom. The van der Waals surface area contributed by atoms with Crippen LogP contribution in [0.5, 0.6) is 5.75 Å². The zero-order valence-electron chi connectivity index (χ0n) is 16.2. The molecule has 1 heterocycles. The molecule has 0 aromatic heterocycles. The second kappa shape index (κ2) is 9.03. The highest BCUT2D eigenvalue weighted by atomic mass is 35.5. The Balaban J connectivity index is 1.54. The van der Waals surface area contributed by atoms with E-state index in [1.54, 1.807) is 13.0 Å². The molecule has 1 saturated heterocycles. The van der Waals surface area contributed by atoms with Crippen molar-refractivity contribution in [1.29, 1.82) is 0 Å². The van der Waals surface area contributed by atoms with Crippen LogP contribution in [0.15, 0.2) is 47.4 Å². The molecule has 2 aromatic rings. The zero-order valence-corrected chi connectivity index (χ0v) is 17.8. The highest BCUT2D eigenvalue weighted by Crippen LogP contribution is 2.21. The molecule has 0 aliphatic carbocycles. The Morgan fingerprint density at radius 2 is 1.70 bits per heavy atom. The van der Waals surface area contributed by atoms with E-state index in [1.807, 2.05) is 0 Å². The molecule has 3 rings (SSSR count). The molecule has 0 radical (unpaired) electrons. The third-order valence-electron chi connectivity index (χ3n) is 4.74. The molecular formula is C20H21ClN2O6S. The quantitative estimate of drug-likeness (QED) is 0.696. The summed E-state index contributed by atoms with van der Waals surface area (Å²) >= 11 is 5.81. The Kier molecular flexibility index (Phi) is 6.64. The van der Waals surface area contributed by atoms with Crippen LogP contribution < -0.4 is 0 Å². The number of carbonyl (C=O) groups is 2. The lowest BCUT2D eigenvalue weighted by atomic mass is 10.1. The van der Waals surface area contributed by atoms with Gasteiger partial charge in [0.05, 0.1) is 4.90 Å². The van der Waals surface area contributed by atoms with Gasteiger partial charge in [0, 0.05) is 31.2 Å². The Labute approximate surface area is 179 Å². The molecule has 8 nitrogen and oxygen atoms in total. The summed E-state index contributed by atoms with van der Waals surface area (Å²) in [5, 5.41) is 10.3. The van der Waals surface area contributed by atoms with Gasteiger partial charge in [0.25, 0.3) is 5.91 Å². The third kappa shape index (κ3) is 4.92. The van der Waals surface area contributed by atoms with Crippen LogP contribution in [0.1, 0.15) is 15.9 Å². The van der Waals surface area contributed by atoms with Gasteiger partial charge in [-0.15, -0.1) is 0 Å². The smallest absolute Gasteiger partial charge is 0.342 e. The van der Waals surface area contributed by atoms with Gasteiger partial charge in [-0.05, 0) is 48.9 Å². The first kappa shape index (κ1) is 22.1. The van der Waals surface area contributed by atoms with Gasteiger partial charge in [-0.25, -0.2) is 13.2 Å². The van der Waals surface area contributed by atoms with E-state index in [0.29, 0.717) is 5.02 Å². The SMILES string of the molecule is Cc1ccc(C(=O)OCC(=O)N2CCN(S(=O)(=O)c3ccc(Cl)cc3)CC2)c(O)c1. The lowest BCUT2D eigenvalue weighted by Crippen LogP contribution is -2.51. The zero-order chi connectivity index (χ0) is 21.9. The summed E-state index contributed by atoms with van der Waals surface area (Å²) in [6.07, 6.45) is 0. The van der Waals surface area contributed by atoms with Crippen molar-refractivity contribution in [2.45, 2.75) is 11.8 Å². The number of halogens is 1. The van der Waals surface area contributed by atoms with Crippen molar-refractivity contribution in [1.82, 2.24) is 9.21 Å². The van der Waals surface area contributed by atoms with Crippen LogP contribution in [-0.4, -0.2) is 67.4 Å². The van der Waals surface area contributed by atoms with Crippen LogP contribution in [0.4, 0.5) is 0 Å². The summed E-state index contributed by atoms with van der Waals surface area (Å²) in [5.74, 6) is -1.45. The molecule has 160 valence electrons. The maximum atomic E-state index is 12.7. The number of phenolic OH excluding ortho intramolecular Hbond substituents is 1. The molecule has 1 fully saturated rings. The molecule has 0 unspecified atom stereocenters. The number of benzene rings is 2. The van der Waals surface area contributed by atoms with E-state index >= 15 is 0 Å². The predicted molar refractivity (Wildman–Crippen MR) is 110 cm³/mol. The van der Waals surface area contributed by atoms with Crippen LogP contribution in [0.25, 0.3) is 0 Å². The maximum absolute atomic E-state index is 12.7. The predicted octanol–water partition coefficient (Wildman–Crippen LogP) is 2.04. The molecule has 2 aromatic carbocycles. The van der Waals surface area contributed by atoms with E-state index in [4.69, 9.17) is 16.3 Å². The van der Waals surface area contributed by atoms with Crippen molar-refractivity contribution in [2.75, 3.05) is 32.8 Å². The Morgan fingerprint density at radius 1 is 1.07 bits per heavy atom. The average Bonchev–Trinajstić information content (AvgIpc) is 2.72. The fourth-order valence-electron chi connectivity index (χ4n) is 3.04. The number of piperazine rings is 1. The fourth-order valence-corrected chi connectivity index (χ4v) is 4.59. The largest absolute Gasteiger partial charge is 0.507 e.